The summed E-state index contributed by atoms with van der Waals surface area (Å²) >= 11 is 0. The van der Waals surface area contributed by atoms with E-state index in [9.17, 15) is 4.79 Å². The number of aliphatic carboxylic acids is 1. The maximum atomic E-state index is 10.5. The Morgan fingerprint density at radius 1 is 1.05 bits per heavy atom. The lowest BCUT2D eigenvalue weighted by atomic mass is 9.96. The lowest BCUT2D eigenvalue weighted by molar-refractivity contribution is -0.137. The number of hydrogen-bond donors (Lipinski definition) is 1. The summed E-state index contributed by atoms with van der Waals surface area (Å²) in [5.74, 6) is -0.694. The van der Waals surface area contributed by atoms with Gasteiger partial charge >= 0.3 is 5.97 Å². The quantitative estimate of drug-likeness (QED) is 0.825. The van der Waals surface area contributed by atoms with Gasteiger partial charge in [-0.15, -0.1) is 0 Å². The van der Waals surface area contributed by atoms with Crippen LogP contribution >= 0.6 is 0 Å². The molecular formula is C17H18O2. The summed E-state index contributed by atoms with van der Waals surface area (Å²) in [6.45, 7) is 0. The molecule has 0 fully saturated rings. The number of hydrogen-bond acceptors (Lipinski definition) is 1. The maximum Gasteiger partial charge on any atom is 0.303 e. The van der Waals surface area contributed by atoms with E-state index in [-0.39, 0.29) is 6.42 Å². The van der Waals surface area contributed by atoms with Gasteiger partial charge in [-0.05, 0) is 59.6 Å². The van der Waals surface area contributed by atoms with Gasteiger partial charge in [-0.1, -0.05) is 30.3 Å². The number of carbonyl (C=O) groups is 1. The molecule has 2 aromatic carbocycles. The normalized spacial score (nSPS) is 13.1. The highest BCUT2D eigenvalue weighted by Crippen LogP contribution is 2.33. The van der Waals surface area contributed by atoms with Crippen molar-refractivity contribution in [3.63, 3.8) is 0 Å². The summed E-state index contributed by atoms with van der Waals surface area (Å²) < 4.78 is 0. The first-order valence-electron chi connectivity index (χ1n) is 7.00. The lowest BCUT2D eigenvalue weighted by Gasteiger charge is -2.08. The topological polar surface area (TPSA) is 37.3 Å². The maximum absolute atomic E-state index is 10.5. The van der Waals surface area contributed by atoms with Gasteiger partial charge < -0.3 is 5.11 Å². The second-order valence-electron chi connectivity index (χ2n) is 5.32. The van der Waals surface area contributed by atoms with Gasteiger partial charge in [0.05, 0.1) is 0 Å². The molecule has 98 valence electrons. The molecule has 0 bridgehead atoms. The zero-order chi connectivity index (χ0) is 13.2. The van der Waals surface area contributed by atoms with Crippen LogP contribution in [0.3, 0.4) is 0 Å². The second kappa shape index (κ2) is 5.04. The van der Waals surface area contributed by atoms with Crippen molar-refractivity contribution in [2.75, 3.05) is 0 Å². The largest absolute Gasteiger partial charge is 0.481 e. The van der Waals surface area contributed by atoms with E-state index in [0.717, 1.165) is 32.1 Å². The van der Waals surface area contributed by atoms with Crippen molar-refractivity contribution in [2.24, 2.45) is 0 Å². The molecule has 2 heteroatoms. The molecule has 3 rings (SSSR count). The van der Waals surface area contributed by atoms with Gasteiger partial charge in [0.25, 0.3) is 0 Å². The number of carboxylic acid groups (broad SMARTS) is 1. The van der Waals surface area contributed by atoms with Crippen molar-refractivity contribution in [3.8, 4) is 0 Å². The zero-order valence-corrected chi connectivity index (χ0v) is 11.0. The van der Waals surface area contributed by atoms with Crippen LogP contribution in [0.5, 0.6) is 0 Å². The first-order valence-corrected chi connectivity index (χ1v) is 7.00. The van der Waals surface area contributed by atoms with Crippen molar-refractivity contribution < 1.29 is 9.90 Å². The molecule has 1 aliphatic carbocycles. The Kier molecular flexibility index (Phi) is 3.24. The third kappa shape index (κ3) is 2.35. The predicted molar refractivity (Wildman–Crippen MR) is 76.5 cm³/mol. The fourth-order valence-electron chi connectivity index (χ4n) is 3.12. The molecule has 0 saturated carbocycles. The molecule has 0 radical (unpaired) electrons. The number of rotatable bonds is 5. The summed E-state index contributed by atoms with van der Waals surface area (Å²) in [5.41, 5.74) is 4.31. The Hall–Kier alpha value is -1.83. The van der Waals surface area contributed by atoms with Crippen LogP contribution in [0.15, 0.2) is 30.3 Å². The molecule has 1 aliphatic rings. The van der Waals surface area contributed by atoms with Gasteiger partial charge in [0.1, 0.15) is 0 Å². The molecule has 0 amide bonds. The van der Waals surface area contributed by atoms with E-state index in [1.807, 2.05) is 0 Å². The summed E-state index contributed by atoms with van der Waals surface area (Å²) in [7, 11) is 0. The molecule has 0 heterocycles. The van der Waals surface area contributed by atoms with E-state index in [1.54, 1.807) is 0 Å². The van der Waals surface area contributed by atoms with Crippen molar-refractivity contribution >= 4 is 16.7 Å². The standard InChI is InChI=1S/C17H18O2/c18-16(19)7-2-1-4-12-8-9-14-11-10-13-5-3-6-15(12)17(13)14/h3,5-6,8-9H,1-2,4,7,10-11H2,(H,18,19). The van der Waals surface area contributed by atoms with Gasteiger partial charge in [0.15, 0.2) is 0 Å². The SMILES string of the molecule is O=C(O)CCCCc1ccc2c3c(cccc13)CC2. The van der Waals surface area contributed by atoms with Crippen molar-refractivity contribution in [3.05, 3.63) is 47.0 Å². The molecule has 0 aliphatic heterocycles. The highest BCUT2D eigenvalue weighted by molar-refractivity contribution is 5.93. The number of benzene rings is 2. The van der Waals surface area contributed by atoms with Gasteiger partial charge in [-0.2, -0.15) is 0 Å². The van der Waals surface area contributed by atoms with Gasteiger partial charge in [0.2, 0.25) is 0 Å². The number of aryl methyl sites for hydroxylation is 3. The lowest BCUT2D eigenvalue weighted by Crippen LogP contribution is -1.95. The molecule has 0 aromatic heterocycles. The Bertz CT molecular complexity index is 618. The number of carboxylic acids is 1. The van der Waals surface area contributed by atoms with Crippen LogP contribution in [0.2, 0.25) is 0 Å². The summed E-state index contributed by atoms with van der Waals surface area (Å²) in [6, 6.07) is 11.1. The number of unbranched alkanes of at least 4 members (excludes halogenated alkanes) is 1. The fourth-order valence-corrected chi connectivity index (χ4v) is 3.12. The van der Waals surface area contributed by atoms with Crippen molar-refractivity contribution in [1.82, 2.24) is 0 Å². The van der Waals surface area contributed by atoms with Crippen LogP contribution < -0.4 is 0 Å². The Morgan fingerprint density at radius 2 is 1.84 bits per heavy atom. The molecule has 0 spiro atoms. The first kappa shape index (κ1) is 12.2. The van der Waals surface area contributed by atoms with E-state index in [4.69, 9.17) is 5.11 Å². The fraction of sp³-hybridized carbons (Fsp3) is 0.353. The average molecular weight is 254 g/mol. The Morgan fingerprint density at radius 3 is 2.63 bits per heavy atom. The van der Waals surface area contributed by atoms with Crippen LogP contribution in [0.4, 0.5) is 0 Å². The predicted octanol–water partition coefficient (Wildman–Crippen LogP) is 3.74. The molecule has 19 heavy (non-hydrogen) atoms. The highest BCUT2D eigenvalue weighted by atomic mass is 16.4. The minimum atomic E-state index is -0.694. The van der Waals surface area contributed by atoms with E-state index in [1.165, 1.54) is 27.5 Å². The third-order valence-electron chi connectivity index (χ3n) is 4.05. The minimum absolute atomic E-state index is 0.279. The third-order valence-corrected chi connectivity index (χ3v) is 4.05. The van der Waals surface area contributed by atoms with Gasteiger partial charge in [0, 0.05) is 6.42 Å². The average Bonchev–Trinajstić information content (AvgIpc) is 2.82. The van der Waals surface area contributed by atoms with Crippen LogP contribution in [0.25, 0.3) is 10.8 Å². The van der Waals surface area contributed by atoms with E-state index in [0.29, 0.717) is 0 Å². The van der Waals surface area contributed by atoms with Crippen LogP contribution in [0.1, 0.15) is 36.0 Å². The van der Waals surface area contributed by atoms with Crippen molar-refractivity contribution in [2.45, 2.75) is 38.5 Å². The molecule has 2 nitrogen and oxygen atoms in total. The molecule has 0 saturated heterocycles. The molecular weight excluding hydrogens is 236 g/mol. The summed E-state index contributed by atoms with van der Waals surface area (Å²) in [4.78, 5) is 10.5. The van der Waals surface area contributed by atoms with Crippen LogP contribution in [-0.2, 0) is 24.1 Å². The summed E-state index contributed by atoms with van der Waals surface area (Å²) in [6.07, 6.45) is 5.29. The smallest absolute Gasteiger partial charge is 0.303 e. The van der Waals surface area contributed by atoms with Crippen LogP contribution in [0, 0.1) is 0 Å². The van der Waals surface area contributed by atoms with E-state index < -0.39 is 5.97 Å². The van der Waals surface area contributed by atoms with E-state index >= 15 is 0 Å². The van der Waals surface area contributed by atoms with Gasteiger partial charge in [-0.3, -0.25) is 4.79 Å². The van der Waals surface area contributed by atoms with Gasteiger partial charge in [-0.25, -0.2) is 0 Å². The first-order chi connectivity index (χ1) is 9.25. The second-order valence-corrected chi connectivity index (χ2v) is 5.32. The highest BCUT2D eigenvalue weighted by Gasteiger charge is 2.15. The Labute approximate surface area is 113 Å². The zero-order valence-electron chi connectivity index (χ0n) is 11.0. The Balaban J connectivity index is 1.83. The molecule has 0 atom stereocenters. The monoisotopic (exact) mass is 254 g/mol. The van der Waals surface area contributed by atoms with E-state index in [2.05, 4.69) is 30.3 Å². The summed E-state index contributed by atoms with van der Waals surface area (Å²) in [5, 5.41) is 11.5. The molecule has 0 unspecified atom stereocenters. The molecule has 2 aromatic rings. The minimum Gasteiger partial charge on any atom is -0.481 e. The van der Waals surface area contributed by atoms with Crippen molar-refractivity contribution in [1.29, 1.82) is 0 Å². The van der Waals surface area contributed by atoms with Crippen LogP contribution in [-0.4, -0.2) is 11.1 Å². The molecule has 1 N–H and O–H groups in total.